The predicted octanol–water partition coefficient (Wildman–Crippen LogP) is 4.25. The highest BCUT2D eigenvalue weighted by Crippen LogP contribution is 2.18. The second-order valence-electron chi connectivity index (χ2n) is 4.60. The molecular formula is C18H23NO. The summed E-state index contributed by atoms with van der Waals surface area (Å²) in [4.78, 5) is 4.61. The lowest BCUT2D eigenvalue weighted by Gasteiger charge is -2.13. The summed E-state index contributed by atoms with van der Waals surface area (Å²) in [5, 5.41) is 0. The second-order valence-corrected chi connectivity index (χ2v) is 4.60. The molecule has 0 heterocycles. The van der Waals surface area contributed by atoms with E-state index in [1.807, 2.05) is 19.1 Å². The highest BCUT2D eigenvalue weighted by molar-refractivity contribution is 6.14. The molecule has 20 heavy (non-hydrogen) atoms. The number of hydrogen-bond acceptors (Lipinski definition) is 2. The summed E-state index contributed by atoms with van der Waals surface area (Å²) in [5.41, 5.74) is 5.19. The molecule has 0 unspecified atom stereocenters. The highest BCUT2D eigenvalue weighted by Gasteiger charge is 2.11. The maximum absolute atomic E-state index is 5.28. The van der Waals surface area contributed by atoms with Crippen molar-refractivity contribution in [3.05, 3.63) is 71.8 Å². The molecule has 0 aliphatic carbocycles. The Kier molecular flexibility index (Phi) is 6.68. The Morgan fingerprint density at radius 3 is 2.75 bits per heavy atom. The summed E-state index contributed by atoms with van der Waals surface area (Å²) in [5.74, 6) is 0. The summed E-state index contributed by atoms with van der Waals surface area (Å²) in [6.07, 6.45) is 5.73. The van der Waals surface area contributed by atoms with E-state index in [1.165, 1.54) is 5.56 Å². The number of benzene rings is 1. The molecule has 0 saturated heterocycles. The number of ether oxygens (including phenoxy) is 1. The second kappa shape index (κ2) is 8.28. The molecule has 0 aliphatic rings. The average Bonchev–Trinajstić information content (AvgIpc) is 2.42. The van der Waals surface area contributed by atoms with Gasteiger partial charge in [-0.3, -0.25) is 4.99 Å². The van der Waals surface area contributed by atoms with Crippen LogP contribution in [0.4, 0.5) is 0 Å². The highest BCUT2D eigenvalue weighted by atomic mass is 16.5. The standard InChI is InChI=1S/C18H23NO/c1-6-8-15(4)18(19-11-7-2)17-12-14(3)9-10-16(17)13-20-5/h6-10,12H,2,4,11,13H2,1,3,5H3/b8-6-,19-18-. The zero-order chi connectivity index (χ0) is 15.0. The van der Waals surface area contributed by atoms with Gasteiger partial charge in [0.25, 0.3) is 0 Å². The normalized spacial score (nSPS) is 11.8. The molecule has 0 atom stereocenters. The summed E-state index contributed by atoms with van der Waals surface area (Å²) >= 11 is 0. The van der Waals surface area contributed by atoms with Gasteiger partial charge in [-0.05, 0) is 31.1 Å². The Hall–Kier alpha value is -1.93. The molecule has 0 spiro atoms. The molecule has 106 valence electrons. The number of aryl methyl sites for hydroxylation is 1. The molecular weight excluding hydrogens is 246 g/mol. The Morgan fingerprint density at radius 2 is 2.15 bits per heavy atom. The fraction of sp³-hybridized carbons (Fsp3) is 0.278. The molecule has 1 aromatic rings. The van der Waals surface area contributed by atoms with E-state index in [-0.39, 0.29) is 0 Å². The van der Waals surface area contributed by atoms with Crippen LogP contribution in [0.2, 0.25) is 0 Å². The Bertz CT molecular complexity index is 538. The molecule has 2 heteroatoms. The van der Waals surface area contributed by atoms with Crippen molar-refractivity contribution >= 4 is 5.71 Å². The predicted molar refractivity (Wildman–Crippen MR) is 87.4 cm³/mol. The molecule has 0 amide bonds. The lowest BCUT2D eigenvalue weighted by atomic mass is 9.96. The first kappa shape index (κ1) is 16.1. The molecule has 0 radical (unpaired) electrons. The minimum Gasteiger partial charge on any atom is -0.380 e. The maximum atomic E-state index is 5.28. The van der Waals surface area contributed by atoms with Crippen LogP contribution in [0.5, 0.6) is 0 Å². The molecule has 1 aromatic carbocycles. The third-order valence-electron chi connectivity index (χ3n) is 2.87. The lowest BCUT2D eigenvalue weighted by molar-refractivity contribution is 0.185. The molecule has 2 nitrogen and oxygen atoms in total. The van der Waals surface area contributed by atoms with Crippen molar-refractivity contribution in [2.45, 2.75) is 20.5 Å². The Labute approximate surface area is 122 Å². The topological polar surface area (TPSA) is 21.6 Å². The number of rotatable bonds is 7. The smallest absolute Gasteiger partial charge is 0.0720 e. The van der Waals surface area contributed by atoms with Crippen LogP contribution in [-0.2, 0) is 11.3 Å². The average molecular weight is 269 g/mol. The van der Waals surface area contributed by atoms with Crippen LogP contribution in [0.25, 0.3) is 0 Å². The van der Waals surface area contributed by atoms with Crippen molar-refractivity contribution < 1.29 is 4.74 Å². The number of hydrogen-bond donors (Lipinski definition) is 0. The van der Waals surface area contributed by atoms with E-state index in [2.05, 4.69) is 43.3 Å². The van der Waals surface area contributed by atoms with Crippen LogP contribution in [0.1, 0.15) is 23.6 Å². The Balaban J connectivity index is 3.35. The van der Waals surface area contributed by atoms with E-state index in [0.717, 1.165) is 22.4 Å². The fourth-order valence-corrected chi connectivity index (χ4v) is 1.99. The number of nitrogens with zero attached hydrogens (tertiary/aromatic N) is 1. The van der Waals surface area contributed by atoms with Crippen LogP contribution in [0.15, 0.2) is 60.2 Å². The SMILES string of the molecule is C=CC/N=C(/C(=C)/C=C\C)c1cc(C)ccc1COC. The quantitative estimate of drug-likeness (QED) is 0.412. The van der Waals surface area contributed by atoms with E-state index in [9.17, 15) is 0 Å². The van der Waals surface area contributed by atoms with Crippen molar-refractivity contribution in [2.24, 2.45) is 4.99 Å². The summed E-state index contributed by atoms with van der Waals surface area (Å²) in [6, 6.07) is 6.30. The largest absolute Gasteiger partial charge is 0.380 e. The summed E-state index contributed by atoms with van der Waals surface area (Å²) in [6.45, 7) is 13.0. The van der Waals surface area contributed by atoms with Gasteiger partial charge in [0.2, 0.25) is 0 Å². The van der Waals surface area contributed by atoms with Gasteiger partial charge in [-0.15, -0.1) is 6.58 Å². The van der Waals surface area contributed by atoms with Crippen LogP contribution in [-0.4, -0.2) is 19.4 Å². The van der Waals surface area contributed by atoms with Crippen molar-refractivity contribution in [1.82, 2.24) is 0 Å². The molecule has 1 rings (SSSR count). The van der Waals surface area contributed by atoms with Crippen molar-refractivity contribution in [3.63, 3.8) is 0 Å². The third-order valence-corrected chi connectivity index (χ3v) is 2.87. The maximum Gasteiger partial charge on any atom is 0.0720 e. The third kappa shape index (κ3) is 4.32. The zero-order valence-corrected chi connectivity index (χ0v) is 12.6. The molecule has 0 bridgehead atoms. The first-order valence-electron chi connectivity index (χ1n) is 6.70. The first-order chi connectivity index (χ1) is 9.63. The van der Waals surface area contributed by atoms with Crippen LogP contribution in [0, 0.1) is 6.92 Å². The summed E-state index contributed by atoms with van der Waals surface area (Å²) in [7, 11) is 1.70. The summed E-state index contributed by atoms with van der Waals surface area (Å²) < 4.78 is 5.28. The number of allylic oxidation sites excluding steroid dienone is 3. The van der Waals surface area contributed by atoms with Crippen LogP contribution in [0.3, 0.4) is 0 Å². The molecule has 0 aliphatic heterocycles. The van der Waals surface area contributed by atoms with Gasteiger partial charge < -0.3 is 4.74 Å². The monoisotopic (exact) mass is 269 g/mol. The van der Waals surface area contributed by atoms with Gasteiger partial charge >= 0.3 is 0 Å². The van der Waals surface area contributed by atoms with Gasteiger partial charge in [0, 0.05) is 12.7 Å². The number of aliphatic imine (C=N–C) groups is 1. The lowest BCUT2D eigenvalue weighted by Crippen LogP contribution is -2.09. The molecule has 0 aromatic heterocycles. The molecule has 0 N–H and O–H groups in total. The minimum absolute atomic E-state index is 0.561. The van der Waals surface area contributed by atoms with Gasteiger partial charge in [0.15, 0.2) is 0 Å². The van der Waals surface area contributed by atoms with Gasteiger partial charge in [-0.25, -0.2) is 0 Å². The first-order valence-corrected chi connectivity index (χ1v) is 6.70. The van der Waals surface area contributed by atoms with Crippen molar-refractivity contribution in [2.75, 3.05) is 13.7 Å². The molecule has 0 saturated carbocycles. The van der Waals surface area contributed by atoms with E-state index >= 15 is 0 Å². The van der Waals surface area contributed by atoms with E-state index in [1.54, 1.807) is 13.2 Å². The fourth-order valence-electron chi connectivity index (χ4n) is 1.99. The van der Waals surface area contributed by atoms with Crippen molar-refractivity contribution in [1.29, 1.82) is 0 Å². The zero-order valence-electron chi connectivity index (χ0n) is 12.6. The minimum atomic E-state index is 0.561. The van der Waals surface area contributed by atoms with Crippen LogP contribution < -0.4 is 0 Å². The molecule has 0 fully saturated rings. The van der Waals surface area contributed by atoms with Crippen molar-refractivity contribution in [3.8, 4) is 0 Å². The van der Waals surface area contributed by atoms with Crippen LogP contribution >= 0.6 is 0 Å². The van der Waals surface area contributed by atoms with Gasteiger partial charge in [0.1, 0.15) is 0 Å². The van der Waals surface area contributed by atoms with Gasteiger partial charge in [-0.2, -0.15) is 0 Å². The Morgan fingerprint density at radius 1 is 1.40 bits per heavy atom. The van der Waals surface area contributed by atoms with E-state index in [4.69, 9.17) is 4.74 Å². The van der Waals surface area contributed by atoms with E-state index < -0.39 is 0 Å². The van der Waals surface area contributed by atoms with Gasteiger partial charge in [-0.1, -0.05) is 42.5 Å². The van der Waals surface area contributed by atoms with E-state index in [0.29, 0.717) is 13.2 Å². The van der Waals surface area contributed by atoms with Gasteiger partial charge in [0.05, 0.1) is 18.9 Å². The number of methoxy groups -OCH3 is 1.